The van der Waals surface area contributed by atoms with E-state index < -0.39 is 17.8 Å². The summed E-state index contributed by atoms with van der Waals surface area (Å²) in [6.07, 6.45) is 0.868. The Hall–Kier alpha value is -2.80. The highest BCUT2D eigenvalue weighted by Crippen LogP contribution is 2.17. The molecule has 4 amide bonds. The zero-order chi connectivity index (χ0) is 17.7. The van der Waals surface area contributed by atoms with Crippen LogP contribution < -0.4 is 15.4 Å². The fraction of sp³-hybridized carbons (Fsp3) is 0.118. The van der Waals surface area contributed by atoms with Gasteiger partial charge in [0.15, 0.2) is 0 Å². The van der Waals surface area contributed by atoms with Crippen molar-refractivity contribution in [1.29, 1.82) is 0 Å². The lowest BCUT2D eigenvalue weighted by Gasteiger charge is -2.16. The first-order chi connectivity index (χ1) is 11.4. The number of carbonyl (C=O) groups is 3. The van der Waals surface area contributed by atoms with Crippen LogP contribution in [0.15, 0.2) is 48.5 Å². The SMILES string of the molecule is CCc1ccc(C(=O)NC(=O)N(S)c2ccc(C(N)=O)cc2)cc1. The molecule has 2 aromatic rings. The number of nitrogens with one attached hydrogen (secondary N) is 1. The van der Waals surface area contributed by atoms with Gasteiger partial charge >= 0.3 is 6.03 Å². The summed E-state index contributed by atoms with van der Waals surface area (Å²) in [5.74, 6) is -1.09. The Labute approximate surface area is 145 Å². The Morgan fingerprint density at radius 3 is 2.04 bits per heavy atom. The monoisotopic (exact) mass is 343 g/mol. The number of amides is 4. The second kappa shape index (κ2) is 7.65. The lowest BCUT2D eigenvalue weighted by atomic mass is 10.1. The molecule has 0 fully saturated rings. The molecule has 2 rings (SSSR count). The van der Waals surface area contributed by atoms with Crippen LogP contribution in [0, 0.1) is 0 Å². The van der Waals surface area contributed by atoms with Gasteiger partial charge in [0.25, 0.3) is 5.91 Å². The van der Waals surface area contributed by atoms with Gasteiger partial charge in [0.1, 0.15) is 0 Å². The van der Waals surface area contributed by atoms with E-state index in [-0.39, 0.29) is 0 Å². The van der Waals surface area contributed by atoms with Crippen LogP contribution in [-0.4, -0.2) is 17.8 Å². The van der Waals surface area contributed by atoms with Crippen LogP contribution in [0.5, 0.6) is 0 Å². The van der Waals surface area contributed by atoms with E-state index in [1.54, 1.807) is 12.1 Å². The highest BCUT2D eigenvalue weighted by atomic mass is 32.1. The first-order valence-corrected chi connectivity index (χ1v) is 7.65. The number of imide groups is 1. The molecule has 0 bridgehead atoms. The predicted molar refractivity (Wildman–Crippen MR) is 95.1 cm³/mol. The van der Waals surface area contributed by atoms with Crippen LogP contribution in [0.3, 0.4) is 0 Å². The molecular weight excluding hydrogens is 326 g/mol. The van der Waals surface area contributed by atoms with Gasteiger partial charge in [-0.2, -0.15) is 0 Å². The lowest BCUT2D eigenvalue weighted by Crippen LogP contribution is -2.38. The second-order valence-electron chi connectivity index (χ2n) is 5.03. The molecule has 3 N–H and O–H groups in total. The smallest absolute Gasteiger partial charge is 0.338 e. The number of benzene rings is 2. The van der Waals surface area contributed by atoms with Gasteiger partial charge in [0, 0.05) is 11.1 Å². The maximum Gasteiger partial charge on any atom is 0.338 e. The van der Waals surface area contributed by atoms with E-state index in [1.807, 2.05) is 19.1 Å². The van der Waals surface area contributed by atoms with E-state index >= 15 is 0 Å². The van der Waals surface area contributed by atoms with Gasteiger partial charge in [-0.05, 0) is 48.4 Å². The number of rotatable bonds is 4. The van der Waals surface area contributed by atoms with Crippen LogP contribution in [-0.2, 0) is 6.42 Å². The molecule has 0 aliphatic heterocycles. The highest BCUT2D eigenvalue weighted by Gasteiger charge is 2.16. The predicted octanol–water partition coefficient (Wildman–Crippen LogP) is 2.55. The molecule has 0 saturated heterocycles. The molecule has 124 valence electrons. The molecule has 7 heteroatoms. The number of nitrogens with two attached hydrogens (primary N) is 1. The molecule has 0 unspecified atom stereocenters. The van der Waals surface area contributed by atoms with E-state index in [0.29, 0.717) is 16.8 Å². The molecule has 0 heterocycles. The number of thiol groups is 1. The topological polar surface area (TPSA) is 92.5 Å². The summed E-state index contributed by atoms with van der Waals surface area (Å²) >= 11 is 4.07. The molecule has 6 nitrogen and oxygen atoms in total. The molecule has 0 radical (unpaired) electrons. The normalized spacial score (nSPS) is 10.1. The number of anilines is 1. The number of hydrogen-bond acceptors (Lipinski definition) is 4. The van der Waals surface area contributed by atoms with Gasteiger partial charge in [-0.25, -0.2) is 9.10 Å². The van der Waals surface area contributed by atoms with Crippen LogP contribution in [0.4, 0.5) is 10.5 Å². The van der Waals surface area contributed by atoms with Gasteiger partial charge in [-0.15, -0.1) is 0 Å². The summed E-state index contributed by atoms with van der Waals surface area (Å²) in [5, 5.41) is 2.25. The molecular formula is C17H17N3O3S. The average molecular weight is 343 g/mol. The van der Waals surface area contributed by atoms with Gasteiger partial charge in [0.2, 0.25) is 5.91 Å². The molecule has 0 atom stereocenters. The van der Waals surface area contributed by atoms with Crippen LogP contribution in [0.2, 0.25) is 0 Å². The lowest BCUT2D eigenvalue weighted by molar-refractivity contribution is 0.0964. The van der Waals surface area contributed by atoms with Crippen molar-refractivity contribution in [3.8, 4) is 0 Å². The fourth-order valence-corrected chi connectivity index (χ4v) is 2.18. The summed E-state index contributed by atoms with van der Waals surface area (Å²) in [4.78, 5) is 35.2. The zero-order valence-electron chi connectivity index (χ0n) is 13.0. The molecule has 0 aliphatic rings. The zero-order valence-corrected chi connectivity index (χ0v) is 13.9. The minimum absolute atomic E-state index is 0.313. The maximum absolute atomic E-state index is 12.1. The van der Waals surface area contributed by atoms with Crippen molar-refractivity contribution in [3.05, 3.63) is 65.2 Å². The Kier molecular flexibility index (Phi) is 5.59. The third kappa shape index (κ3) is 4.14. The first kappa shape index (κ1) is 17.6. The summed E-state index contributed by atoms with van der Waals surface area (Å²) in [5.41, 5.74) is 7.35. The van der Waals surface area contributed by atoms with Crippen LogP contribution >= 0.6 is 12.8 Å². The van der Waals surface area contributed by atoms with Crippen LogP contribution in [0.1, 0.15) is 33.2 Å². The molecule has 0 aromatic heterocycles. The largest absolute Gasteiger partial charge is 0.366 e. The van der Waals surface area contributed by atoms with Crippen molar-refractivity contribution in [3.63, 3.8) is 0 Å². The standard InChI is InChI=1S/C17H17N3O3S/c1-2-11-3-5-13(6-4-11)16(22)19-17(23)20(24)14-9-7-12(8-10-14)15(18)21/h3-10,24H,2H2,1H3,(H2,18,21)(H,19,22,23). The van der Waals surface area contributed by atoms with Gasteiger partial charge < -0.3 is 5.73 Å². The summed E-state index contributed by atoms with van der Waals surface area (Å²) < 4.78 is 0.975. The summed E-state index contributed by atoms with van der Waals surface area (Å²) in [6.45, 7) is 2.01. The number of hydrogen-bond donors (Lipinski definition) is 3. The third-order valence-corrected chi connectivity index (χ3v) is 3.85. The number of urea groups is 1. The maximum atomic E-state index is 12.1. The minimum Gasteiger partial charge on any atom is -0.366 e. The minimum atomic E-state index is -0.699. The fourth-order valence-electron chi connectivity index (χ4n) is 2.00. The van der Waals surface area contributed by atoms with Crippen molar-refractivity contribution in [1.82, 2.24) is 5.32 Å². The average Bonchev–Trinajstić information content (AvgIpc) is 2.61. The number of carbonyl (C=O) groups excluding carboxylic acids is 3. The summed E-state index contributed by atoms with van der Waals surface area (Å²) in [7, 11) is 0. The van der Waals surface area contributed by atoms with E-state index in [0.717, 1.165) is 16.3 Å². The van der Waals surface area contributed by atoms with E-state index in [2.05, 4.69) is 18.1 Å². The van der Waals surface area contributed by atoms with Crippen molar-refractivity contribution < 1.29 is 14.4 Å². The molecule has 0 spiro atoms. The highest BCUT2D eigenvalue weighted by molar-refractivity contribution is 7.82. The second-order valence-corrected chi connectivity index (χ2v) is 5.43. The van der Waals surface area contributed by atoms with Crippen LogP contribution in [0.25, 0.3) is 0 Å². The number of nitrogens with zero attached hydrogens (tertiary/aromatic N) is 1. The van der Waals surface area contributed by atoms with Crippen molar-refractivity contribution in [2.45, 2.75) is 13.3 Å². The Bertz CT molecular complexity index is 758. The Morgan fingerprint density at radius 2 is 1.54 bits per heavy atom. The van der Waals surface area contributed by atoms with Gasteiger partial charge in [0.05, 0.1) is 5.69 Å². The van der Waals surface area contributed by atoms with E-state index in [1.165, 1.54) is 24.3 Å². The van der Waals surface area contributed by atoms with Crippen molar-refractivity contribution in [2.75, 3.05) is 4.31 Å². The van der Waals surface area contributed by atoms with E-state index in [4.69, 9.17) is 5.73 Å². The summed E-state index contributed by atoms with van der Waals surface area (Å²) in [6, 6.07) is 12.2. The first-order valence-electron chi connectivity index (χ1n) is 7.25. The van der Waals surface area contributed by atoms with Gasteiger partial charge in [-0.3, -0.25) is 14.9 Å². The Morgan fingerprint density at radius 1 is 1.00 bits per heavy atom. The number of primary amides is 1. The quantitative estimate of drug-likeness (QED) is 0.745. The molecule has 2 aromatic carbocycles. The third-order valence-electron chi connectivity index (χ3n) is 3.43. The van der Waals surface area contributed by atoms with Gasteiger partial charge in [-0.1, -0.05) is 31.9 Å². The molecule has 0 saturated carbocycles. The Balaban J connectivity index is 2.04. The molecule has 24 heavy (non-hydrogen) atoms. The van der Waals surface area contributed by atoms with E-state index in [9.17, 15) is 14.4 Å². The van der Waals surface area contributed by atoms with Crippen molar-refractivity contribution in [2.24, 2.45) is 5.73 Å². The number of aryl methyl sites for hydroxylation is 1. The van der Waals surface area contributed by atoms with Crippen molar-refractivity contribution >= 4 is 36.3 Å². The molecule has 0 aliphatic carbocycles.